The van der Waals surface area contributed by atoms with Crippen LogP contribution in [-0.4, -0.2) is 61.6 Å². The van der Waals surface area contributed by atoms with E-state index in [1.54, 1.807) is 7.11 Å². The normalized spacial score (nSPS) is 12.4. The zero-order valence-electron chi connectivity index (χ0n) is 19.7. The monoisotopic (exact) mass is 411 g/mol. The van der Waals surface area contributed by atoms with Gasteiger partial charge in [0.15, 0.2) is 0 Å². The Morgan fingerprint density at radius 2 is 1.50 bits per heavy atom. The van der Waals surface area contributed by atoms with Gasteiger partial charge >= 0.3 is 0 Å². The number of hydrogen-bond acceptors (Lipinski definition) is 4. The summed E-state index contributed by atoms with van der Waals surface area (Å²) in [7, 11) is 5.84. The summed E-state index contributed by atoms with van der Waals surface area (Å²) in [4.78, 5) is 19.4. The number of anilines is 2. The van der Waals surface area contributed by atoms with Gasteiger partial charge in [0.25, 0.3) is 5.91 Å². The minimum Gasteiger partial charge on any atom is -0.497 e. The lowest BCUT2D eigenvalue weighted by atomic mass is 10.1. The standard InChI is InChI=1S/C25H37N3O2/c1-18(2)27(19(3)4)25(29)21-12-14-22(15-13-21)28(20(5)17-26(6)7)23-10-9-11-24(16-23)30-8/h9-16,18-20H,17H2,1-8H3. The number of benzene rings is 2. The Balaban J connectivity index is 2.40. The van der Waals surface area contributed by atoms with Crippen molar-refractivity contribution in [2.45, 2.75) is 52.7 Å². The summed E-state index contributed by atoms with van der Waals surface area (Å²) in [6.45, 7) is 11.3. The van der Waals surface area contributed by atoms with E-state index in [0.717, 1.165) is 23.7 Å². The fourth-order valence-electron chi connectivity index (χ4n) is 4.01. The van der Waals surface area contributed by atoms with E-state index in [4.69, 9.17) is 4.74 Å². The van der Waals surface area contributed by atoms with Gasteiger partial charge in [-0.25, -0.2) is 0 Å². The predicted molar refractivity (Wildman–Crippen MR) is 126 cm³/mol. The molecule has 0 bridgehead atoms. The van der Waals surface area contributed by atoms with Gasteiger partial charge in [0.2, 0.25) is 0 Å². The van der Waals surface area contributed by atoms with Gasteiger partial charge in [-0.2, -0.15) is 0 Å². The van der Waals surface area contributed by atoms with E-state index >= 15 is 0 Å². The van der Waals surface area contributed by atoms with Gasteiger partial charge in [-0.1, -0.05) is 6.07 Å². The third-order valence-electron chi connectivity index (χ3n) is 5.14. The first-order chi connectivity index (χ1) is 14.1. The number of nitrogens with zero attached hydrogens (tertiary/aromatic N) is 3. The van der Waals surface area contributed by atoms with Crippen molar-refractivity contribution >= 4 is 17.3 Å². The van der Waals surface area contributed by atoms with Crippen LogP contribution in [0.3, 0.4) is 0 Å². The molecule has 1 amide bonds. The highest BCUT2D eigenvalue weighted by molar-refractivity contribution is 5.95. The number of amides is 1. The molecule has 0 aliphatic heterocycles. The van der Waals surface area contributed by atoms with Crippen LogP contribution in [0.4, 0.5) is 11.4 Å². The lowest BCUT2D eigenvalue weighted by Gasteiger charge is -2.34. The minimum absolute atomic E-state index is 0.0702. The second-order valence-corrected chi connectivity index (χ2v) is 8.63. The van der Waals surface area contributed by atoms with E-state index in [1.165, 1.54) is 0 Å². The number of methoxy groups -OCH3 is 1. The lowest BCUT2D eigenvalue weighted by molar-refractivity contribution is 0.0644. The predicted octanol–water partition coefficient (Wildman–Crippen LogP) is 5.04. The highest BCUT2D eigenvalue weighted by Crippen LogP contribution is 2.31. The van der Waals surface area contributed by atoms with Crippen LogP contribution in [0.2, 0.25) is 0 Å². The number of carbonyl (C=O) groups excluding carboxylic acids is 1. The SMILES string of the molecule is COc1cccc(N(c2ccc(C(=O)N(C(C)C)C(C)C)cc2)C(C)CN(C)C)c1. The van der Waals surface area contributed by atoms with Crippen molar-refractivity contribution in [3.05, 3.63) is 54.1 Å². The Morgan fingerprint density at radius 1 is 0.900 bits per heavy atom. The zero-order valence-corrected chi connectivity index (χ0v) is 19.7. The van der Waals surface area contributed by atoms with Crippen LogP contribution in [0.5, 0.6) is 5.75 Å². The summed E-state index contributed by atoms with van der Waals surface area (Å²) in [5.74, 6) is 0.895. The maximum atomic E-state index is 13.0. The van der Waals surface area contributed by atoms with Crippen molar-refractivity contribution in [2.24, 2.45) is 0 Å². The lowest BCUT2D eigenvalue weighted by Crippen LogP contribution is -2.42. The van der Waals surface area contributed by atoms with Crippen molar-refractivity contribution in [3.63, 3.8) is 0 Å². The van der Waals surface area contributed by atoms with E-state index in [2.05, 4.69) is 64.6 Å². The molecule has 0 fully saturated rings. The summed E-state index contributed by atoms with van der Waals surface area (Å²) < 4.78 is 5.44. The van der Waals surface area contributed by atoms with E-state index in [1.807, 2.05) is 47.4 Å². The third-order valence-corrected chi connectivity index (χ3v) is 5.14. The Labute approximate surface area is 182 Å². The first-order valence-electron chi connectivity index (χ1n) is 10.7. The van der Waals surface area contributed by atoms with E-state index in [-0.39, 0.29) is 24.0 Å². The van der Waals surface area contributed by atoms with Gasteiger partial charge in [0, 0.05) is 47.7 Å². The first kappa shape index (κ1) is 23.7. The molecule has 0 heterocycles. The van der Waals surface area contributed by atoms with Gasteiger partial charge in [0.05, 0.1) is 7.11 Å². The average molecular weight is 412 g/mol. The maximum absolute atomic E-state index is 13.0. The fourth-order valence-corrected chi connectivity index (χ4v) is 4.01. The molecule has 0 saturated carbocycles. The van der Waals surface area contributed by atoms with Crippen molar-refractivity contribution in [1.29, 1.82) is 0 Å². The molecular formula is C25H37N3O2. The molecule has 1 unspecified atom stereocenters. The molecule has 2 rings (SSSR count). The molecule has 5 nitrogen and oxygen atoms in total. The molecular weight excluding hydrogens is 374 g/mol. The summed E-state index contributed by atoms with van der Waals surface area (Å²) in [5.41, 5.74) is 2.83. The largest absolute Gasteiger partial charge is 0.497 e. The molecule has 5 heteroatoms. The van der Waals surface area contributed by atoms with E-state index in [9.17, 15) is 4.79 Å². The quantitative estimate of drug-likeness (QED) is 0.579. The number of likely N-dealkylation sites (N-methyl/N-ethyl adjacent to an activating group) is 1. The molecule has 0 saturated heterocycles. The van der Waals surface area contributed by atoms with E-state index < -0.39 is 0 Å². The van der Waals surface area contributed by atoms with Crippen LogP contribution < -0.4 is 9.64 Å². The van der Waals surface area contributed by atoms with E-state index in [0.29, 0.717) is 5.56 Å². The summed E-state index contributed by atoms with van der Waals surface area (Å²) in [5, 5.41) is 0. The molecule has 0 spiro atoms. The Kier molecular flexibility index (Phi) is 8.30. The number of rotatable bonds is 9. The molecule has 0 aliphatic carbocycles. The Hall–Kier alpha value is -2.53. The van der Waals surface area contributed by atoms with Gasteiger partial charge in [-0.3, -0.25) is 4.79 Å². The zero-order chi connectivity index (χ0) is 22.4. The van der Waals surface area contributed by atoms with Gasteiger partial charge in [-0.05, 0) is 85.1 Å². The summed E-state index contributed by atoms with van der Waals surface area (Å²) in [6.07, 6.45) is 0. The van der Waals surface area contributed by atoms with Crippen LogP contribution in [-0.2, 0) is 0 Å². The third kappa shape index (κ3) is 5.76. The molecule has 0 N–H and O–H groups in total. The smallest absolute Gasteiger partial charge is 0.254 e. The van der Waals surface area contributed by atoms with Gasteiger partial charge in [0.1, 0.15) is 5.75 Å². The molecule has 0 aliphatic rings. The Bertz CT molecular complexity index is 807. The maximum Gasteiger partial charge on any atom is 0.254 e. The average Bonchev–Trinajstić information content (AvgIpc) is 2.67. The minimum atomic E-state index is 0.0702. The topological polar surface area (TPSA) is 36.0 Å². The fraction of sp³-hybridized carbons (Fsp3) is 0.480. The molecule has 1 atom stereocenters. The first-order valence-corrected chi connectivity index (χ1v) is 10.7. The highest BCUT2D eigenvalue weighted by Gasteiger charge is 2.23. The molecule has 2 aromatic carbocycles. The molecule has 0 aromatic heterocycles. The van der Waals surface area contributed by atoms with Crippen LogP contribution in [0.1, 0.15) is 45.0 Å². The van der Waals surface area contributed by atoms with Crippen LogP contribution >= 0.6 is 0 Å². The number of ether oxygens (including phenoxy) is 1. The van der Waals surface area contributed by atoms with Crippen molar-refractivity contribution in [1.82, 2.24) is 9.80 Å². The van der Waals surface area contributed by atoms with Crippen molar-refractivity contribution < 1.29 is 9.53 Å². The van der Waals surface area contributed by atoms with Crippen molar-refractivity contribution in [3.8, 4) is 5.75 Å². The van der Waals surface area contributed by atoms with Crippen LogP contribution in [0, 0.1) is 0 Å². The van der Waals surface area contributed by atoms with Gasteiger partial charge < -0.3 is 19.4 Å². The molecule has 0 radical (unpaired) electrons. The molecule has 164 valence electrons. The van der Waals surface area contributed by atoms with Crippen LogP contribution in [0.15, 0.2) is 48.5 Å². The molecule has 2 aromatic rings. The second-order valence-electron chi connectivity index (χ2n) is 8.63. The Morgan fingerprint density at radius 3 is 2.00 bits per heavy atom. The second kappa shape index (κ2) is 10.5. The summed E-state index contributed by atoms with van der Waals surface area (Å²) in [6, 6.07) is 16.6. The number of hydrogen-bond donors (Lipinski definition) is 0. The summed E-state index contributed by atoms with van der Waals surface area (Å²) >= 11 is 0. The number of carbonyl (C=O) groups is 1. The van der Waals surface area contributed by atoms with Gasteiger partial charge in [-0.15, -0.1) is 0 Å². The highest BCUT2D eigenvalue weighted by atomic mass is 16.5. The van der Waals surface area contributed by atoms with Crippen LogP contribution in [0.25, 0.3) is 0 Å². The van der Waals surface area contributed by atoms with Crippen molar-refractivity contribution in [2.75, 3.05) is 32.6 Å². The molecule has 30 heavy (non-hydrogen) atoms.